The number of nitrogens with two attached hydrogens (primary N) is 1. The fourth-order valence-corrected chi connectivity index (χ4v) is 1.99. The van der Waals surface area contributed by atoms with Crippen LogP contribution in [0.25, 0.3) is 10.9 Å². The van der Waals surface area contributed by atoms with E-state index >= 15 is 0 Å². The SMILES string of the molecule is CC(N)=O.CCCC(=O)NCCc1c[nH]c2ccccc12. The molecule has 2 rings (SSSR count). The van der Waals surface area contributed by atoms with Crippen molar-refractivity contribution in [2.45, 2.75) is 33.1 Å². The molecule has 0 unspecified atom stereocenters. The number of primary amides is 1. The van der Waals surface area contributed by atoms with Crippen LogP contribution in [0.2, 0.25) is 0 Å². The minimum atomic E-state index is -0.333. The molecule has 5 heteroatoms. The number of para-hydroxylation sites is 1. The molecule has 1 aromatic heterocycles. The summed E-state index contributed by atoms with van der Waals surface area (Å²) in [5.74, 6) is -0.188. The topological polar surface area (TPSA) is 88.0 Å². The molecule has 0 aliphatic heterocycles. The molecule has 0 bridgehead atoms. The van der Waals surface area contributed by atoms with Crippen molar-refractivity contribution >= 4 is 22.7 Å². The molecular weight excluding hydrogens is 266 g/mol. The zero-order chi connectivity index (χ0) is 15.7. The molecule has 21 heavy (non-hydrogen) atoms. The van der Waals surface area contributed by atoms with Gasteiger partial charge in [0.1, 0.15) is 0 Å². The van der Waals surface area contributed by atoms with Crippen LogP contribution in [0, 0.1) is 0 Å². The van der Waals surface area contributed by atoms with Crippen molar-refractivity contribution in [3.8, 4) is 0 Å². The molecule has 1 aromatic carbocycles. The molecule has 0 spiro atoms. The van der Waals surface area contributed by atoms with Crippen LogP contribution in [0.15, 0.2) is 30.5 Å². The standard InChI is InChI=1S/C14H18N2O.C2H5NO/c1-2-5-14(17)15-9-8-11-10-16-13-7-4-3-6-12(11)13;1-2(3)4/h3-4,6-7,10,16H,2,5,8-9H2,1H3,(H,15,17);1H3,(H2,3,4). The van der Waals surface area contributed by atoms with Crippen molar-refractivity contribution in [2.24, 2.45) is 5.73 Å². The van der Waals surface area contributed by atoms with E-state index in [0.29, 0.717) is 13.0 Å². The molecule has 0 atom stereocenters. The maximum absolute atomic E-state index is 11.3. The third-order valence-electron chi connectivity index (χ3n) is 2.87. The number of H-pyrrole nitrogens is 1. The van der Waals surface area contributed by atoms with Crippen LogP contribution in [-0.2, 0) is 16.0 Å². The molecule has 2 amide bonds. The Kier molecular flexibility index (Phi) is 7.01. The number of hydrogen-bond acceptors (Lipinski definition) is 2. The van der Waals surface area contributed by atoms with Gasteiger partial charge in [-0.25, -0.2) is 0 Å². The Labute approximate surface area is 124 Å². The lowest BCUT2D eigenvalue weighted by atomic mass is 10.1. The van der Waals surface area contributed by atoms with E-state index in [4.69, 9.17) is 0 Å². The Bertz CT molecular complexity index is 586. The van der Waals surface area contributed by atoms with Gasteiger partial charge in [-0.05, 0) is 24.5 Å². The van der Waals surface area contributed by atoms with E-state index in [1.165, 1.54) is 17.9 Å². The number of carbonyl (C=O) groups is 2. The molecule has 1 heterocycles. The lowest BCUT2D eigenvalue weighted by Crippen LogP contribution is -2.25. The van der Waals surface area contributed by atoms with Crippen molar-refractivity contribution in [1.29, 1.82) is 0 Å². The number of carbonyl (C=O) groups excluding carboxylic acids is 2. The average molecular weight is 289 g/mol. The number of aromatic amines is 1. The molecule has 5 nitrogen and oxygen atoms in total. The highest BCUT2D eigenvalue weighted by Crippen LogP contribution is 2.17. The maximum atomic E-state index is 11.3. The fourth-order valence-electron chi connectivity index (χ4n) is 1.99. The Morgan fingerprint density at radius 1 is 1.29 bits per heavy atom. The van der Waals surface area contributed by atoms with Gasteiger partial charge in [-0.3, -0.25) is 9.59 Å². The highest BCUT2D eigenvalue weighted by molar-refractivity contribution is 5.83. The van der Waals surface area contributed by atoms with Crippen molar-refractivity contribution in [3.05, 3.63) is 36.0 Å². The van der Waals surface area contributed by atoms with E-state index in [-0.39, 0.29) is 11.8 Å². The van der Waals surface area contributed by atoms with E-state index in [0.717, 1.165) is 18.4 Å². The number of aromatic nitrogens is 1. The van der Waals surface area contributed by atoms with Gasteiger partial charge in [0.25, 0.3) is 0 Å². The number of nitrogens with one attached hydrogen (secondary N) is 2. The largest absolute Gasteiger partial charge is 0.370 e. The highest BCUT2D eigenvalue weighted by Gasteiger charge is 2.03. The molecule has 0 saturated carbocycles. The van der Waals surface area contributed by atoms with Gasteiger partial charge in [0.2, 0.25) is 11.8 Å². The second kappa shape index (κ2) is 8.79. The molecule has 0 aliphatic carbocycles. The van der Waals surface area contributed by atoms with Crippen LogP contribution in [0.3, 0.4) is 0 Å². The number of hydrogen-bond donors (Lipinski definition) is 3. The van der Waals surface area contributed by atoms with Crippen LogP contribution in [-0.4, -0.2) is 23.3 Å². The molecule has 0 fully saturated rings. The van der Waals surface area contributed by atoms with E-state index < -0.39 is 0 Å². The first kappa shape index (κ1) is 16.8. The molecule has 4 N–H and O–H groups in total. The van der Waals surface area contributed by atoms with E-state index in [1.54, 1.807) is 0 Å². The number of amides is 2. The summed E-state index contributed by atoms with van der Waals surface area (Å²) in [4.78, 5) is 23.8. The van der Waals surface area contributed by atoms with Gasteiger partial charge in [0, 0.05) is 37.0 Å². The summed E-state index contributed by atoms with van der Waals surface area (Å²) >= 11 is 0. The van der Waals surface area contributed by atoms with Crippen molar-refractivity contribution in [1.82, 2.24) is 10.3 Å². The summed E-state index contributed by atoms with van der Waals surface area (Å²) < 4.78 is 0. The average Bonchev–Trinajstić information content (AvgIpc) is 2.82. The van der Waals surface area contributed by atoms with Crippen molar-refractivity contribution in [3.63, 3.8) is 0 Å². The number of fused-ring (bicyclic) bond motifs is 1. The minimum absolute atomic E-state index is 0.146. The summed E-state index contributed by atoms with van der Waals surface area (Å²) in [5.41, 5.74) is 6.89. The van der Waals surface area contributed by atoms with Gasteiger partial charge in [-0.1, -0.05) is 25.1 Å². The van der Waals surface area contributed by atoms with Gasteiger partial charge in [-0.15, -0.1) is 0 Å². The first-order valence-electron chi connectivity index (χ1n) is 7.12. The number of rotatable bonds is 5. The minimum Gasteiger partial charge on any atom is -0.370 e. The fraction of sp³-hybridized carbons (Fsp3) is 0.375. The number of benzene rings is 1. The normalized spacial score (nSPS) is 9.81. The van der Waals surface area contributed by atoms with Crippen molar-refractivity contribution < 1.29 is 9.59 Å². The van der Waals surface area contributed by atoms with Crippen LogP contribution in [0.1, 0.15) is 32.3 Å². The Balaban J connectivity index is 0.000000491. The molecular formula is C16H23N3O2. The third-order valence-corrected chi connectivity index (χ3v) is 2.87. The first-order valence-corrected chi connectivity index (χ1v) is 7.12. The summed E-state index contributed by atoms with van der Waals surface area (Å²) in [5, 5.41) is 4.18. The summed E-state index contributed by atoms with van der Waals surface area (Å²) in [6, 6.07) is 8.23. The molecule has 2 aromatic rings. The maximum Gasteiger partial charge on any atom is 0.219 e. The quantitative estimate of drug-likeness (QED) is 0.787. The smallest absolute Gasteiger partial charge is 0.219 e. The summed E-state index contributed by atoms with van der Waals surface area (Å²) in [6.07, 6.45) is 4.42. The molecule has 0 aliphatic rings. The van der Waals surface area contributed by atoms with Gasteiger partial charge in [0.05, 0.1) is 0 Å². The first-order chi connectivity index (χ1) is 10.0. The van der Waals surface area contributed by atoms with Crippen molar-refractivity contribution in [2.75, 3.05) is 6.54 Å². The molecule has 114 valence electrons. The predicted molar refractivity (Wildman–Crippen MR) is 84.8 cm³/mol. The third kappa shape index (κ3) is 6.12. The highest BCUT2D eigenvalue weighted by atomic mass is 16.1. The van der Waals surface area contributed by atoms with E-state index in [1.807, 2.05) is 25.3 Å². The van der Waals surface area contributed by atoms with Gasteiger partial charge < -0.3 is 16.0 Å². The van der Waals surface area contributed by atoms with Gasteiger partial charge >= 0.3 is 0 Å². The summed E-state index contributed by atoms with van der Waals surface area (Å²) in [7, 11) is 0. The summed E-state index contributed by atoms with van der Waals surface area (Å²) in [6.45, 7) is 4.03. The van der Waals surface area contributed by atoms with Crippen LogP contribution in [0.5, 0.6) is 0 Å². The van der Waals surface area contributed by atoms with Gasteiger partial charge in [0.15, 0.2) is 0 Å². The Morgan fingerprint density at radius 3 is 2.62 bits per heavy atom. The Hall–Kier alpha value is -2.30. The Morgan fingerprint density at radius 2 is 1.95 bits per heavy atom. The lowest BCUT2D eigenvalue weighted by molar-refractivity contribution is -0.121. The van der Waals surface area contributed by atoms with Crippen LogP contribution in [0.4, 0.5) is 0 Å². The second-order valence-corrected chi connectivity index (χ2v) is 4.82. The lowest BCUT2D eigenvalue weighted by Gasteiger charge is -2.03. The van der Waals surface area contributed by atoms with E-state index in [9.17, 15) is 9.59 Å². The van der Waals surface area contributed by atoms with E-state index in [2.05, 4.69) is 28.2 Å². The molecule has 0 saturated heterocycles. The second-order valence-electron chi connectivity index (χ2n) is 4.82. The predicted octanol–water partition coefficient (Wildman–Crippen LogP) is 2.12. The monoisotopic (exact) mass is 289 g/mol. The molecule has 0 radical (unpaired) electrons. The van der Waals surface area contributed by atoms with Crippen LogP contribution < -0.4 is 11.1 Å². The zero-order valence-corrected chi connectivity index (χ0v) is 12.6. The zero-order valence-electron chi connectivity index (χ0n) is 12.6. The van der Waals surface area contributed by atoms with Crippen LogP contribution >= 0.6 is 0 Å². The van der Waals surface area contributed by atoms with Gasteiger partial charge in [-0.2, -0.15) is 0 Å².